The maximum Gasteiger partial charge on any atom is 0.306 e. The van der Waals surface area contributed by atoms with Crippen LogP contribution in [0.1, 0.15) is 195 Å². The number of esters is 2. The van der Waals surface area contributed by atoms with Crippen molar-refractivity contribution >= 4 is 11.9 Å². The normalized spacial score (nSPS) is 12.4. The van der Waals surface area contributed by atoms with E-state index in [4.69, 9.17) is 18.9 Å². The van der Waals surface area contributed by atoms with Crippen LogP contribution in [0.4, 0.5) is 0 Å². The van der Waals surface area contributed by atoms with E-state index in [2.05, 4.69) is 13.8 Å². The third-order valence-electron chi connectivity index (χ3n) is 8.68. The first-order valence-electron chi connectivity index (χ1n) is 18.8. The second-order valence-corrected chi connectivity index (χ2v) is 13.5. The van der Waals surface area contributed by atoms with Gasteiger partial charge in [-0.05, 0) is 33.1 Å². The highest BCUT2D eigenvalue weighted by atomic mass is 16.6. The third-order valence-corrected chi connectivity index (χ3v) is 8.68. The number of hydrogen-bond donors (Lipinski definition) is 0. The predicted octanol–water partition coefficient (Wildman–Crippen LogP) is 11.1. The quantitative estimate of drug-likeness (QED) is 0.0523. The summed E-state index contributed by atoms with van der Waals surface area (Å²) in [4.78, 5) is 25.0. The van der Waals surface area contributed by atoms with E-state index in [1.165, 1.54) is 116 Å². The van der Waals surface area contributed by atoms with Crippen LogP contribution in [0.2, 0.25) is 0 Å². The summed E-state index contributed by atoms with van der Waals surface area (Å²) in [6.07, 6.45) is 29.1. The second kappa shape index (κ2) is 31.8. The van der Waals surface area contributed by atoms with E-state index in [0.29, 0.717) is 32.5 Å². The lowest BCUT2D eigenvalue weighted by atomic mass is 10.1. The monoisotopic (exact) mass is 627 g/mol. The van der Waals surface area contributed by atoms with Crippen molar-refractivity contribution in [3.05, 3.63) is 0 Å². The van der Waals surface area contributed by atoms with Gasteiger partial charge in [0.1, 0.15) is 12.7 Å². The predicted molar refractivity (Wildman–Crippen MR) is 184 cm³/mol. The minimum Gasteiger partial charge on any atom is -0.462 e. The molecule has 0 aliphatic carbocycles. The van der Waals surface area contributed by atoms with Crippen molar-refractivity contribution in [2.24, 2.45) is 0 Å². The molecule has 0 heterocycles. The zero-order valence-corrected chi connectivity index (χ0v) is 30.0. The summed E-state index contributed by atoms with van der Waals surface area (Å²) in [6, 6.07) is 0. The van der Waals surface area contributed by atoms with E-state index in [-0.39, 0.29) is 24.1 Å². The Morgan fingerprint density at radius 2 is 0.977 bits per heavy atom. The molecular weight excluding hydrogens is 552 g/mol. The van der Waals surface area contributed by atoms with Crippen LogP contribution >= 0.6 is 0 Å². The van der Waals surface area contributed by atoms with Crippen LogP contribution in [-0.4, -0.2) is 50.6 Å². The van der Waals surface area contributed by atoms with E-state index in [1.54, 1.807) is 7.11 Å². The molecule has 0 aliphatic rings. The van der Waals surface area contributed by atoms with Crippen molar-refractivity contribution in [3.63, 3.8) is 0 Å². The Labute approximate surface area is 273 Å². The standard InChI is InChI=1S/C38H74O6/c1-6-8-10-12-14-16-18-20-22-24-26-28-36(39)43-34-35(30-32-42-33-31-38(3,4)41-5)44-37(40)29-27-25-23-21-19-17-15-13-11-9-7-2/h35H,6-34H2,1-5H3. The summed E-state index contributed by atoms with van der Waals surface area (Å²) in [7, 11) is 1.70. The van der Waals surface area contributed by atoms with Crippen molar-refractivity contribution < 1.29 is 28.5 Å². The van der Waals surface area contributed by atoms with Gasteiger partial charge in [0.2, 0.25) is 0 Å². The molecule has 0 aliphatic heterocycles. The fourth-order valence-electron chi connectivity index (χ4n) is 5.28. The molecule has 262 valence electrons. The lowest BCUT2D eigenvalue weighted by Crippen LogP contribution is -2.28. The molecule has 0 aromatic heterocycles. The Kier molecular flexibility index (Phi) is 31.0. The van der Waals surface area contributed by atoms with Crippen LogP contribution in [0.25, 0.3) is 0 Å². The Morgan fingerprint density at radius 1 is 0.568 bits per heavy atom. The first-order valence-corrected chi connectivity index (χ1v) is 18.8. The van der Waals surface area contributed by atoms with Crippen molar-refractivity contribution in [1.29, 1.82) is 0 Å². The van der Waals surface area contributed by atoms with Crippen molar-refractivity contribution in [3.8, 4) is 0 Å². The van der Waals surface area contributed by atoms with Crippen molar-refractivity contribution in [2.45, 2.75) is 206 Å². The molecule has 0 radical (unpaired) electrons. The molecule has 0 aromatic carbocycles. The summed E-state index contributed by atoms with van der Waals surface area (Å²) in [5.74, 6) is -0.400. The largest absolute Gasteiger partial charge is 0.462 e. The number of unbranched alkanes of at least 4 members (excludes halogenated alkanes) is 20. The molecule has 0 spiro atoms. The second-order valence-electron chi connectivity index (χ2n) is 13.5. The van der Waals surface area contributed by atoms with Gasteiger partial charge in [0.25, 0.3) is 0 Å². The Balaban J connectivity index is 4.21. The molecular formula is C38H74O6. The number of rotatable bonds is 34. The summed E-state index contributed by atoms with van der Waals surface area (Å²) in [6.45, 7) is 9.70. The molecule has 0 saturated carbocycles. The van der Waals surface area contributed by atoms with Gasteiger partial charge in [-0.3, -0.25) is 9.59 Å². The molecule has 1 atom stereocenters. The van der Waals surface area contributed by atoms with Crippen molar-refractivity contribution in [2.75, 3.05) is 26.9 Å². The van der Waals surface area contributed by atoms with Gasteiger partial charge in [0.15, 0.2) is 0 Å². The van der Waals surface area contributed by atoms with Gasteiger partial charge in [-0.1, -0.05) is 142 Å². The maximum atomic E-state index is 12.6. The molecule has 1 unspecified atom stereocenters. The van der Waals surface area contributed by atoms with E-state index in [0.717, 1.165) is 32.1 Å². The van der Waals surface area contributed by atoms with Gasteiger partial charge in [0.05, 0.1) is 12.2 Å². The third kappa shape index (κ3) is 30.9. The zero-order chi connectivity index (χ0) is 32.6. The molecule has 0 amide bonds. The molecule has 0 fully saturated rings. The van der Waals surface area contributed by atoms with Gasteiger partial charge in [0, 0.05) is 33.0 Å². The fourth-order valence-corrected chi connectivity index (χ4v) is 5.28. The first-order chi connectivity index (χ1) is 21.3. The minimum absolute atomic E-state index is 0.105. The molecule has 0 saturated heterocycles. The Hall–Kier alpha value is -1.14. The summed E-state index contributed by atoms with van der Waals surface area (Å²) < 4.78 is 22.5. The van der Waals surface area contributed by atoms with E-state index >= 15 is 0 Å². The average Bonchev–Trinajstić information content (AvgIpc) is 3.01. The number of methoxy groups -OCH3 is 1. The molecule has 0 aromatic rings. The molecule has 0 N–H and O–H groups in total. The number of hydrogen-bond acceptors (Lipinski definition) is 6. The van der Waals surface area contributed by atoms with Crippen LogP contribution < -0.4 is 0 Å². The maximum absolute atomic E-state index is 12.6. The summed E-state index contributed by atoms with van der Waals surface area (Å²) in [5, 5.41) is 0. The molecule has 44 heavy (non-hydrogen) atoms. The molecule has 0 bridgehead atoms. The highest BCUT2D eigenvalue weighted by molar-refractivity contribution is 5.70. The first kappa shape index (κ1) is 42.9. The van der Waals surface area contributed by atoms with E-state index < -0.39 is 6.10 Å². The minimum atomic E-state index is -0.466. The number of ether oxygens (including phenoxy) is 4. The zero-order valence-electron chi connectivity index (χ0n) is 30.0. The van der Waals surface area contributed by atoms with Gasteiger partial charge < -0.3 is 18.9 Å². The van der Waals surface area contributed by atoms with E-state index in [1.807, 2.05) is 13.8 Å². The van der Waals surface area contributed by atoms with Gasteiger partial charge in [-0.2, -0.15) is 0 Å². The number of carbonyl (C=O) groups is 2. The van der Waals surface area contributed by atoms with Crippen LogP contribution in [0.5, 0.6) is 0 Å². The Bertz CT molecular complexity index is 635. The lowest BCUT2D eigenvalue weighted by molar-refractivity contribution is -0.160. The fraction of sp³-hybridized carbons (Fsp3) is 0.947. The topological polar surface area (TPSA) is 71.1 Å². The van der Waals surface area contributed by atoms with E-state index in [9.17, 15) is 9.59 Å². The highest BCUT2D eigenvalue weighted by Gasteiger charge is 2.19. The smallest absolute Gasteiger partial charge is 0.306 e. The molecule has 6 nitrogen and oxygen atoms in total. The number of carbonyl (C=O) groups excluding carboxylic acids is 2. The van der Waals surface area contributed by atoms with Gasteiger partial charge >= 0.3 is 11.9 Å². The average molecular weight is 627 g/mol. The molecule has 6 heteroatoms. The SMILES string of the molecule is CCCCCCCCCCCCCC(=O)OCC(CCOCCC(C)(C)OC)OC(=O)CCCCCCCCCCCCC. The van der Waals surface area contributed by atoms with Gasteiger partial charge in [-0.15, -0.1) is 0 Å². The van der Waals surface area contributed by atoms with Crippen LogP contribution in [0, 0.1) is 0 Å². The lowest BCUT2D eigenvalue weighted by Gasteiger charge is -2.23. The van der Waals surface area contributed by atoms with Crippen LogP contribution in [0.15, 0.2) is 0 Å². The summed E-state index contributed by atoms with van der Waals surface area (Å²) in [5.41, 5.74) is -0.232. The van der Waals surface area contributed by atoms with Gasteiger partial charge in [-0.25, -0.2) is 0 Å². The van der Waals surface area contributed by atoms with Crippen LogP contribution in [0.3, 0.4) is 0 Å². The van der Waals surface area contributed by atoms with Crippen LogP contribution in [-0.2, 0) is 28.5 Å². The highest BCUT2D eigenvalue weighted by Crippen LogP contribution is 2.15. The van der Waals surface area contributed by atoms with Crippen molar-refractivity contribution in [1.82, 2.24) is 0 Å². The Morgan fingerprint density at radius 3 is 1.41 bits per heavy atom. The summed E-state index contributed by atoms with van der Waals surface area (Å²) >= 11 is 0. The molecule has 0 rings (SSSR count).